The zero-order chi connectivity index (χ0) is 7.82. The van der Waals surface area contributed by atoms with Crippen molar-refractivity contribution < 1.29 is 9.53 Å². The van der Waals surface area contributed by atoms with Crippen molar-refractivity contribution in [1.29, 1.82) is 0 Å². The number of methoxy groups -OCH3 is 1. The number of nitrogens with two attached hydrogens (primary N) is 1. The minimum atomic E-state index is -0.239. The largest absolute Gasteiger partial charge is 0.468 e. The minimum absolute atomic E-state index is 0. The number of hydrogen-bond acceptors (Lipinski definition) is 4. The Morgan fingerprint density at radius 3 is 2.50 bits per heavy atom. The first kappa shape index (κ1) is 17.9. The van der Waals surface area contributed by atoms with E-state index in [1.54, 1.807) is 0 Å². The van der Waals surface area contributed by atoms with Gasteiger partial charge in [0.15, 0.2) is 0 Å². The Kier molecular flexibility index (Phi) is 20.2. The molecule has 0 aromatic rings. The maximum Gasteiger partial charge on any atom is 0.319 e. The van der Waals surface area contributed by atoms with Crippen molar-refractivity contribution in [2.24, 2.45) is 5.73 Å². The van der Waals surface area contributed by atoms with Crippen LogP contribution in [0.5, 0.6) is 0 Å². The Morgan fingerprint density at radius 1 is 1.50 bits per heavy atom. The standard InChI is InChI=1S/C6H14N2O2.2ClH/c1-10-6(9)5-8-4-2-3-7;;/h8H,2-5,7H2,1H3;2*1H. The van der Waals surface area contributed by atoms with Gasteiger partial charge in [0.2, 0.25) is 0 Å². The van der Waals surface area contributed by atoms with Gasteiger partial charge in [0, 0.05) is 0 Å². The molecular weight excluding hydrogens is 203 g/mol. The van der Waals surface area contributed by atoms with Gasteiger partial charge in [-0.05, 0) is 19.5 Å². The van der Waals surface area contributed by atoms with Crippen LogP contribution < -0.4 is 11.1 Å². The van der Waals surface area contributed by atoms with Gasteiger partial charge in [-0.25, -0.2) is 0 Å². The highest BCUT2D eigenvalue weighted by Crippen LogP contribution is 1.72. The summed E-state index contributed by atoms with van der Waals surface area (Å²) in [7, 11) is 1.37. The van der Waals surface area contributed by atoms with Crippen molar-refractivity contribution in [3.8, 4) is 0 Å². The predicted molar refractivity (Wildman–Crippen MR) is 53.1 cm³/mol. The number of hydrogen-bond donors (Lipinski definition) is 2. The lowest BCUT2D eigenvalue weighted by molar-refractivity contribution is -0.139. The minimum Gasteiger partial charge on any atom is -0.468 e. The fraction of sp³-hybridized carbons (Fsp3) is 0.833. The second-order valence-corrected chi connectivity index (χ2v) is 1.90. The topological polar surface area (TPSA) is 64.3 Å². The first-order valence-electron chi connectivity index (χ1n) is 3.29. The molecule has 0 rings (SSSR count). The van der Waals surface area contributed by atoms with Gasteiger partial charge >= 0.3 is 5.97 Å². The van der Waals surface area contributed by atoms with E-state index in [4.69, 9.17) is 5.73 Å². The van der Waals surface area contributed by atoms with Crippen molar-refractivity contribution in [2.75, 3.05) is 26.7 Å². The molecule has 0 atom stereocenters. The van der Waals surface area contributed by atoms with E-state index in [1.165, 1.54) is 7.11 Å². The zero-order valence-corrected chi connectivity index (χ0v) is 8.67. The molecule has 0 unspecified atom stereocenters. The highest BCUT2D eigenvalue weighted by atomic mass is 35.5. The average molecular weight is 219 g/mol. The molecule has 0 fully saturated rings. The number of rotatable bonds is 5. The molecule has 76 valence electrons. The van der Waals surface area contributed by atoms with Crippen LogP contribution in [0.4, 0.5) is 0 Å². The molecule has 0 aromatic carbocycles. The maximum absolute atomic E-state index is 10.5. The molecular formula is C6H16Cl2N2O2. The third kappa shape index (κ3) is 12.6. The smallest absolute Gasteiger partial charge is 0.319 e. The lowest BCUT2D eigenvalue weighted by atomic mass is 10.4. The van der Waals surface area contributed by atoms with E-state index in [0.717, 1.165) is 13.0 Å². The van der Waals surface area contributed by atoms with Crippen molar-refractivity contribution >= 4 is 30.8 Å². The van der Waals surface area contributed by atoms with Crippen molar-refractivity contribution in [1.82, 2.24) is 5.32 Å². The van der Waals surface area contributed by atoms with E-state index in [1.807, 2.05) is 0 Å². The zero-order valence-electron chi connectivity index (χ0n) is 7.04. The van der Waals surface area contributed by atoms with Crippen LogP contribution in [-0.2, 0) is 9.53 Å². The van der Waals surface area contributed by atoms with E-state index in [2.05, 4.69) is 10.1 Å². The number of halogens is 2. The number of esters is 1. The van der Waals surface area contributed by atoms with Gasteiger partial charge in [0.1, 0.15) is 0 Å². The van der Waals surface area contributed by atoms with Crippen molar-refractivity contribution in [2.45, 2.75) is 6.42 Å². The summed E-state index contributed by atoms with van der Waals surface area (Å²) in [5, 5.41) is 2.88. The maximum atomic E-state index is 10.5. The number of carbonyl (C=O) groups excluding carboxylic acids is 1. The molecule has 0 saturated carbocycles. The Bertz CT molecular complexity index is 104. The first-order valence-corrected chi connectivity index (χ1v) is 3.29. The molecule has 0 aliphatic rings. The fourth-order valence-electron chi connectivity index (χ4n) is 0.490. The Morgan fingerprint density at radius 2 is 2.08 bits per heavy atom. The average Bonchev–Trinajstić information content (AvgIpc) is 1.98. The quantitative estimate of drug-likeness (QED) is 0.502. The molecule has 12 heavy (non-hydrogen) atoms. The molecule has 6 heteroatoms. The van der Waals surface area contributed by atoms with E-state index in [0.29, 0.717) is 6.54 Å². The summed E-state index contributed by atoms with van der Waals surface area (Å²) in [6, 6.07) is 0. The van der Waals surface area contributed by atoms with E-state index in [-0.39, 0.29) is 37.3 Å². The molecule has 0 radical (unpaired) electrons. The molecule has 0 saturated heterocycles. The Labute approximate surface area is 85.0 Å². The molecule has 0 amide bonds. The summed E-state index contributed by atoms with van der Waals surface area (Å²) in [4.78, 5) is 10.5. The summed E-state index contributed by atoms with van der Waals surface area (Å²) < 4.78 is 4.40. The highest BCUT2D eigenvalue weighted by molar-refractivity contribution is 5.85. The normalized spacial score (nSPS) is 7.83. The number of nitrogens with one attached hydrogen (secondary N) is 1. The first-order chi connectivity index (χ1) is 4.81. The number of carbonyl (C=O) groups is 1. The Hall–Kier alpha value is -0.0300. The molecule has 0 bridgehead atoms. The van der Waals surface area contributed by atoms with E-state index < -0.39 is 0 Å². The van der Waals surface area contributed by atoms with Gasteiger partial charge in [-0.15, -0.1) is 24.8 Å². The van der Waals surface area contributed by atoms with Crippen LogP contribution in [0, 0.1) is 0 Å². The van der Waals surface area contributed by atoms with Crippen LogP contribution in [0.2, 0.25) is 0 Å². The summed E-state index contributed by atoms with van der Waals surface area (Å²) in [6.07, 6.45) is 0.886. The predicted octanol–water partition coefficient (Wildman–Crippen LogP) is -0.0586. The highest BCUT2D eigenvalue weighted by Gasteiger charge is 1.95. The van der Waals surface area contributed by atoms with Crippen LogP contribution in [0.25, 0.3) is 0 Å². The molecule has 3 N–H and O–H groups in total. The Balaban J connectivity index is -0.000000405. The monoisotopic (exact) mass is 218 g/mol. The summed E-state index contributed by atoms with van der Waals surface area (Å²) in [5.74, 6) is -0.239. The van der Waals surface area contributed by atoms with E-state index in [9.17, 15) is 4.79 Å². The molecule has 0 spiro atoms. The second-order valence-electron chi connectivity index (χ2n) is 1.90. The van der Waals surface area contributed by atoms with Gasteiger partial charge in [0.25, 0.3) is 0 Å². The van der Waals surface area contributed by atoms with E-state index >= 15 is 0 Å². The van der Waals surface area contributed by atoms with Gasteiger partial charge in [-0.1, -0.05) is 0 Å². The third-order valence-electron chi connectivity index (χ3n) is 1.05. The lowest BCUT2D eigenvalue weighted by Crippen LogP contribution is -2.25. The van der Waals surface area contributed by atoms with Gasteiger partial charge in [-0.2, -0.15) is 0 Å². The van der Waals surface area contributed by atoms with Gasteiger partial charge in [-0.3, -0.25) is 4.79 Å². The fourth-order valence-corrected chi connectivity index (χ4v) is 0.490. The van der Waals surface area contributed by atoms with Crippen LogP contribution in [-0.4, -0.2) is 32.7 Å². The van der Waals surface area contributed by atoms with Gasteiger partial charge < -0.3 is 15.8 Å². The molecule has 0 aliphatic heterocycles. The van der Waals surface area contributed by atoms with Crippen LogP contribution in [0.15, 0.2) is 0 Å². The molecule has 0 heterocycles. The van der Waals surface area contributed by atoms with Gasteiger partial charge in [0.05, 0.1) is 13.7 Å². The number of ether oxygens (including phenoxy) is 1. The summed E-state index contributed by atoms with van der Waals surface area (Å²) >= 11 is 0. The SMILES string of the molecule is COC(=O)CNCCCN.Cl.Cl. The lowest BCUT2D eigenvalue weighted by Gasteiger charge is -2.00. The van der Waals surface area contributed by atoms with Crippen LogP contribution >= 0.6 is 24.8 Å². The summed E-state index contributed by atoms with van der Waals surface area (Å²) in [6.45, 7) is 1.69. The van der Waals surface area contributed by atoms with Crippen LogP contribution in [0.3, 0.4) is 0 Å². The van der Waals surface area contributed by atoms with Crippen LogP contribution in [0.1, 0.15) is 6.42 Å². The van der Waals surface area contributed by atoms with Crippen molar-refractivity contribution in [3.05, 3.63) is 0 Å². The van der Waals surface area contributed by atoms with Crippen molar-refractivity contribution in [3.63, 3.8) is 0 Å². The molecule has 4 nitrogen and oxygen atoms in total. The third-order valence-corrected chi connectivity index (χ3v) is 1.05. The molecule has 0 aliphatic carbocycles. The second kappa shape index (κ2) is 13.6. The summed E-state index contributed by atoms with van der Waals surface area (Å²) in [5.41, 5.74) is 5.22. The molecule has 0 aromatic heterocycles.